The van der Waals surface area contributed by atoms with Crippen LogP contribution in [0.5, 0.6) is 11.6 Å². The molecule has 0 radical (unpaired) electrons. The van der Waals surface area contributed by atoms with Gasteiger partial charge in [-0.15, -0.1) is 0 Å². The van der Waals surface area contributed by atoms with Crippen molar-refractivity contribution in [3.05, 3.63) is 38.8 Å². The molecule has 21 heavy (non-hydrogen) atoms. The highest BCUT2D eigenvalue weighted by Gasteiger charge is 2.14. The second-order valence-electron chi connectivity index (χ2n) is 4.32. The number of hydrogen-bond acceptors (Lipinski definition) is 4. The Bertz CT molecular complexity index is 682. The zero-order valence-electron chi connectivity index (χ0n) is 11.8. The fraction of sp³-hybridized carbons (Fsp3) is 0.286. The van der Waals surface area contributed by atoms with E-state index in [4.69, 9.17) is 16.3 Å². The molecule has 0 fully saturated rings. The van der Waals surface area contributed by atoms with Gasteiger partial charge in [-0.3, -0.25) is 0 Å². The summed E-state index contributed by atoms with van der Waals surface area (Å²) in [5.41, 5.74) is 0.747. The smallest absolute Gasteiger partial charge is 0.227 e. The lowest BCUT2D eigenvalue weighted by molar-refractivity contribution is 0.448. The Labute approximate surface area is 135 Å². The monoisotopic (exact) mass is 373 g/mol. The molecule has 0 bridgehead atoms. The lowest BCUT2D eigenvalue weighted by atomic mass is 10.3. The van der Waals surface area contributed by atoms with Crippen LogP contribution in [0.3, 0.4) is 0 Å². The van der Waals surface area contributed by atoms with Crippen LogP contribution in [0.2, 0.25) is 5.02 Å². The number of rotatable bonds is 4. The Morgan fingerprint density at radius 2 is 2.10 bits per heavy atom. The van der Waals surface area contributed by atoms with Crippen molar-refractivity contribution in [2.24, 2.45) is 0 Å². The summed E-state index contributed by atoms with van der Waals surface area (Å²) in [6, 6.07) is 2.67. The van der Waals surface area contributed by atoms with E-state index in [-0.39, 0.29) is 5.02 Å². The molecule has 1 aromatic heterocycles. The zero-order chi connectivity index (χ0) is 15.6. The Hall–Kier alpha value is -1.40. The molecular weight excluding hydrogens is 361 g/mol. The number of hydrogen-bond donors (Lipinski definition) is 1. The largest absolute Gasteiger partial charge is 0.437 e. The fourth-order valence-electron chi connectivity index (χ4n) is 1.73. The number of halogens is 3. The van der Waals surface area contributed by atoms with E-state index >= 15 is 0 Å². The quantitative estimate of drug-likeness (QED) is 0.786. The molecule has 0 saturated heterocycles. The van der Waals surface area contributed by atoms with E-state index in [0.717, 1.165) is 5.56 Å². The maximum atomic E-state index is 13.6. The Kier molecular flexibility index (Phi) is 5.00. The van der Waals surface area contributed by atoms with Crippen LogP contribution >= 0.6 is 27.5 Å². The van der Waals surface area contributed by atoms with Gasteiger partial charge < -0.3 is 10.1 Å². The lowest BCUT2D eigenvalue weighted by Gasteiger charge is -2.13. The van der Waals surface area contributed by atoms with Gasteiger partial charge in [-0.1, -0.05) is 18.5 Å². The summed E-state index contributed by atoms with van der Waals surface area (Å²) in [4.78, 5) is 8.69. The lowest BCUT2D eigenvalue weighted by Crippen LogP contribution is -2.05. The molecule has 0 atom stereocenters. The molecule has 0 spiro atoms. The summed E-state index contributed by atoms with van der Waals surface area (Å²) < 4.78 is 19.9. The molecule has 0 aliphatic heterocycles. The molecule has 112 valence electrons. The van der Waals surface area contributed by atoms with E-state index in [1.54, 1.807) is 7.05 Å². The van der Waals surface area contributed by atoms with E-state index in [2.05, 4.69) is 31.2 Å². The normalized spacial score (nSPS) is 10.6. The molecule has 0 saturated carbocycles. The first kappa shape index (κ1) is 16.0. The molecule has 1 N–H and O–H groups in total. The number of aryl methyl sites for hydroxylation is 1. The van der Waals surface area contributed by atoms with Gasteiger partial charge in [0.1, 0.15) is 23.2 Å². The van der Waals surface area contributed by atoms with Crippen LogP contribution in [0.25, 0.3) is 0 Å². The van der Waals surface area contributed by atoms with Crippen LogP contribution in [0.1, 0.15) is 18.3 Å². The minimum atomic E-state index is -0.550. The second-order valence-corrected chi connectivity index (χ2v) is 5.58. The van der Waals surface area contributed by atoms with Crippen molar-refractivity contribution in [2.45, 2.75) is 20.3 Å². The van der Waals surface area contributed by atoms with Gasteiger partial charge in [0.25, 0.3) is 0 Å². The van der Waals surface area contributed by atoms with Crippen LogP contribution in [-0.2, 0) is 6.42 Å². The highest BCUT2D eigenvalue weighted by molar-refractivity contribution is 9.10. The highest BCUT2D eigenvalue weighted by atomic mass is 79.9. The summed E-state index contributed by atoms with van der Waals surface area (Å²) in [5.74, 6) is 1.47. The SMILES string of the molecule is CCc1nc(NC)c(C)c(Oc2cc(F)c(Cl)cc2Br)n1. The van der Waals surface area contributed by atoms with Crippen molar-refractivity contribution in [2.75, 3.05) is 12.4 Å². The molecule has 7 heteroatoms. The van der Waals surface area contributed by atoms with Crippen molar-refractivity contribution >= 4 is 33.3 Å². The molecule has 1 heterocycles. The van der Waals surface area contributed by atoms with Crippen LogP contribution in [0.15, 0.2) is 16.6 Å². The van der Waals surface area contributed by atoms with Crippen molar-refractivity contribution < 1.29 is 9.13 Å². The maximum Gasteiger partial charge on any atom is 0.227 e. The third-order valence-corrected chi connectivity index (χ3v) is 3.79. The Balaban J connectivity index is 2.46. The van der Waals surface area contributed by atoms with Gasteiger partial charge in [0, 0.05) is 19.5 Å². The number of ether oxygens (including phenoxy) is 1. The van der Waals surface area contributed by atoms with Crippen molar-refractivity contribution in [3.8, 4) is 11.6 Å². The van der Waals surface area contributed by atoms with Gasteiger partial charge in [-0.2, -0.15) is 4.98 Å². The number of aromatic nitrogens is 2. The second kappa shape index (κ2) is 6.58. The third-order valence-electron chi connectivity index (χ3n) is 2.88. The molecule has 0 amide bonds. The Morgan fingerprint density at radius 1 is 1.38 bits per heavy atom. The van der Waals surface area contributed by atoms with E-state index in [1.165, 1.54) is 12.1 Å². The van der Waals surface area contributed by atoms with E-state index in [1.807, 2.05) is 13.8 Å². The first-order valence-electron chi connectivity index (χ1n) is 6.33. The van der Waals surface area contributed by atoms with Crippen LogP contribution in [-0.4, -0.2) is 17.0 Å². The third kappa shape index (κ3) is 3.44. The van der Waals surface area contributed by atoms with Gasteiger partial charge in [0.15, 0.2) is 0 Å². The summed E-state index contributed by atoms with van der Waals surface area (Å²) in [6.45, 7) is 3.78. The van der Waals surface area contributed by atoms with Crippen molar-refractivity contribution in [1.29, 1.82) is 0 Å². The number of nitrogens with one attached hydrogen (secondary N) is 1. The average molecular weight is 375 g/mol. The van der Waals surface area contributed by atoms with Crippen molar-refractivity contribution in [1.82, 2.24) is 9.97 Å². The highest BCUT2D eigenvalue weighted by Crippen LogP contribution is 2.35. The van der Waals surface area contributed by atoms with Gasteiger partial charge in [-0.25, -0.2) is 9.37 Å². The first-order chi connectivity index (χ1) is 9.96. The predicted octanol–water partition coefficient (Wildman–Crippen LogP) is 4.74. The molecule has 0 unspecified atom stereocenters. The summed E-state index contributed by atoms with van der Waals surface area (Å²) in [6.07, 6.45) is 0.668. The van der Waals surface area contributed by atoms with E-state index in [0.29, 0.717) is 34.2 Å². The van der Waals surface area contributed by atoms with Crippen LogP contribution in [0, 0.1) is 12.7 Å². The zero-order valence-corrected chi connectivity index (χ0v) is 14.1. The topological polar surface area (TPSA) is 47.0 Å². The summed E-state index contributed by atoms with van der Waals surface area (Å²) >= 11 is 9.02. The molecule has 0 aliphatic carbocycles. The number of benzene rings is 1. The standard InChI is InChI=1S/C14H14BrClFN3O/c1-4-12-19-13(18-3)7(2)14(20-12)21-11-6-10(17)9(16)5-8(11)15/h5-6H,4H2,1-3H3,(H,18,19,20). The van der Waals surface area contributed by atoms with E-state index in [9.17, 15) is 4.39 Å². The molecule has 2 aromatic rings. The molecular formula is C14H14BrClFN3O. The van der Waals surface area contributed by atoms with Gasteiger partial charge >= 0.3 is 0 Å². The minimum Gasteiger partial charge on any atom is -0.437 e. The number of anilines is 1. The van der Waals surface area contributed by atoms with Crippen LogP contribution < -0.4 is 10.1 Å². The predicted molar refractivity (Wildman–Crippen MR) is 84.9 cm³/mol. The number of nitrogens with zero attached hydrogens (tertiary/aromatic N) is 2. The minimum absolute atomic E-state index is 0.0267. The summed E-state index contributed by atoms with van der Waals surface area (Å²) in [5, 5.41) is 3.02. The molecule has 2 rings (SSSR count). The molecule has 4 nitrogen and oxygen atoms in total. The van der Waals surface area contributed by atoms with E-state index < -0.39 is 5.82 Å². The molecule has 0 aliphatic rings. The van der Waals surface area contributed by atoms with Gasteiger partial charge in [0.2, 0.25) is 5.88 Å². The van der Waals surface area contributed by atoms with Crippen molar-refractivity contribution in [3.63, 3.8) is 0 Å². The Morgan fingerprint density at radius 3 is 2.71 bits per heavy atom. The average Bonchev–Trinajstić information content (AvgIpc) is 2.46. The maximum absolute atomic E-state index is 13.6. The first-order valence-corrected chi connectivity index (χ1v) is 7.51. The van der Waals surface area contributed by atoms with Crippen LogP contribution in [0.4, 0.5) is 10.2 Å². The van der Waals surface area contributed by atoms with Gasteiger partial charge in [-0.05, 0) is 28.9 Å². The molecule has 1 aromatic carbocycles. The van der Waals surface area contributed by atoms with Gasteiger partial charge in [0.05, 0.1) is 15.1 Å². The fourth-order valence-corrected chi connectivity index (χ4v) is 2.45. The summed E-state index contributed by atoms with van der Waals surface area (Å²) in [7, 11) is 1.77.